The van der Waals surface area contributed by atoms with Crippen LogP contribution in [0.4, 0.5) is 0 Å². The van der Waals surface area contributed by atoms with E-state index in [1.54, 1.807) is 0 Å². The third-order valence-electron chi connectivity index (χ3n) is 0.889. The van der Waals surface area contributed by atoms with Crippen LogP contribution in [0.1, 0.15) is 20.8 Å². The Hall–Kier alpha value is 0.715. The molecule has 0 aliphatic heterocycles. The summed E-state index contributed by atoms with van der Waals surface area (Å²) in [5, 5.41) is 6.40. The Morgan fingerprint density at radius 3 is 2.00 bits per heavy atom. The number of rotatable bonds is 4. The highest BCUT2D eigenvalue weighted by atomic mass is 127. The van der Waals surface area contributed by atoms with Gasteiger partial charge in [-0.25, -0.2) is 0 Å². The molecule has 0 fully saturated rings. The second-order valence-corrected chi connectivity index (χ2v) is 3.88. The first-order valence-electron chi connectivity index (χ1n) is 3.44. The molecule has 0 amide bonds. The Morgan fingerprint density at radius 2 is 1.70 bits per heavy atom. The van der Waals surface area contributed by atoms with Gasteiger partial charge in [-0.1, -0.05) is 6.92 Å². The van der Waals surface area contributed by atoms with Crippen molar-refractivity contribution in [2.75, 3.05) is 0 Å². The smallest absolute Gasteiger partial charge is 0.111 e. The summed E-state index contributed by atoms with van der Waals surface area (Å²) in [5.74, 6) is 0.0492. The number of nitrogens with one attached hydrogen (secondary N) is 2. The minimum atomic E-state index is 0.0492. The minimum absolute atomic E-state index is 0.0492. The van der Waals surface area contributed by atoms with E-state index < -0.39 is 0 Å². The van der Waals surface area contributed by atoms with Gasteiger partial charge in [0.25, 0.3) is 0 Å². The minimum Gasteiger partial charge on any atom is -0.300 e. The zero-order chi connectivity index (χ0) is 8.15. The Balaban J connectivity index is 3.34. The molecule has 10 heavy (non-hydrogen) atoms. The average molecular weight is 252 g/mol. The highest BCUT2D eigenvalue weighted by Crippen LogP contribution is 1.93. The molecule has 0 aliphatic rings. The van der Waals surface area contributed by atoms with Crippen LogP contribution in [0.2, 0.25) is 0 Å². The summed E-state index contributed by atoms with van der Waals surface area (Å²) in [6.45, 7) is 6.14. The molecule has 2 atom stereocenters. The molecule has 0 saturated carbocycles. The van der Waals surface area contributed by atoms with Crippen LogP contribution in [0.3, 0.4) is 0 Å². The molecule has 0 spiro atoms. The van der Waals surface area contributed by atoms with Gasteiger partial charge in [-0.05, 0) is 42.4 Å². The highest BCUT2D eigenvalue weighted by molar-refractivity contribution is 14.1. The van der Waals surface area contributed by atoms with Gasteiger partial charge in [0.15, 0.2) is 0 Å². The van der Waals surface area contributed by atoms with Crippen LogP contribution >= 0.6 is 22.6 Å². The van der Waals surface area contributed by atoms with Gasteiger partial charge in [0.1, 0.15) is 4.17 Å². The van der Waals surface area contributed by atoms with E-state index in [4.69, 9.17) is 7.85 Å². The second kappa shape index (κ2) is 5.38. The van der Waals surface area contributed by atoms with Gasteiger partial charge in [0.05, 0.1) is 7.85 Å². The molecule has 2 unspecified atom stereocenters. The summed E-state index contributed by atoms with van der Waals surface area (Å²) >= 11 is 2.27. The molecule has 0 heterocycles. The summed E-state index contributed by atoms with van der Waals surface area (Å²) < 4.78 is 0.262. The van der Waals surface area contributed by atoms with E-state index in [0.717, 1.165) is 0 Å². The van der Waals surface area contributed by atoms with Gasteiger partial charge < -0.3 is 0 Å². The zero-order valence-corrected chi connectivity index (χ0v) is 8.84. The largest absolute Gasteiger partial charge is 0.300 e. The first kappa shape index (κ1) is 10.7. The van der Waals surface area contributed by atoms with Crippen molar-refractivity contribution in [1.82, 2.24) is 10.6 Å². The van der Waals surface area contributed by atoms with Crippen LogP contribution < -0.4 is 10.6 Å². The van der Waals surface area contributed by atoms with Crippen LogP contribution in [-0.4, -0.2) is 24.0 Å². The van der Waals surface area contributed by atoms with Crippen LogP contribution in [0.25, 0.3) is 0 Å². The quantitative estimate of drug-likeness (QED) is 0.254. The van der Waals surface area contributed by atoms with Gasteiger partial charge >= 0.3 is 0 Å². The van der Waals surface area contributed by atoms with E-state index >= 15 is 0 Å². The van der Waals surface area contributed by atoms with Crippen molar-refractivity contribution in [3.05, 3.63) is 0 Å². The van der Waals surface area contributed by atoms with Crippen molar-refractivity contribution >= 4 is 30.4 Å². The Bertz CT molecular complexity index is 77.8. The van der Waals surface area contributed by atoms with Crippen molar-refractivity contribution in [3.63, 3.8) is 0 Å². The number of hydrogen-bond donors (Lipinski definition) is 2. The molecular formula is C6H14BIN2. The van der Waals surface area contributed by atoms with Crippen LogP contribution in [0.15, 0.2) is 0 Å². The van der Waals surface area contributed by atoms with Gasteiger partial charge in [-0.2, -0.15) is 0 Å². The van der Waals surface area contributed by atoms with Crippen molar-refractivity contribution in [2.24, 2.45) is 0 Å². The SMILES string of the molecule is [B]C(C)NC(I)NC(C)C. The molecule has 0 aromatic heterocycles. The molecule has 0 aromatic rings. The third kappa shape index (κ3) is 6.83. The summed E-state index contributed by atoms with van der Waals surface area (Å²) in [6, 6.07) is 0.494. The third-order valence-corrected chi connectivity index (χ3v) is 1.61. The Labute approximate surface area is 78.1 Å². The lowest BCUT2D eigenvalue weighted by molar-refractivity contribution is 0.505. The fourth-order valence-electron chi connectivity index (χ4n) is 0.572. The lowest BCUT2D eigenvalue weighted by atomic mass is 10.00. The van der Waals surface area contributed by atoms with Gasteiger partial charge in [0.2, 0.25) is 0 Å². The molecule has 58 valence electrons. The van der Waals surface area contributed by atoms with E-state index in [-0.39, 0.29) is 10.1 Å². The fraction of sp³-hybridized carbons (Fsp3) is 1.00. The average Bonchev–Trinajstić information content (AvgIpc) is 1.58. The summed E-state index contributed by atoms with van der Waals surface area (Å²) in [6.07, 6.45) is 0. The molecule has 2 N–H and O–H groups in total. The maximum atomic E-state index is 5.51. The molecular weight excluding hydrogens is 238 g/mol. The van der Waals surface area contributed by atoms with Crippen molar-refractivity contribution in [2.45, 2.75) is 36.9 Å². The predicted molar refractivity (Wildman–Crippen MR) is 54.4 cm³/mol. The normalized spacial score (nSPS) is 17.3. The molecule has 0 rings (SSSR count). The molecule has 0 bridgehead atoms. The van der Waals surface area contributed by atoms with Crippen LogP contribution in [0.5, 0.6) is 0 Å². The molecule has 0 aliphatic carbocycles. The summed E-state index contributed by atoms with van der Waals surface area (Å²) in [5.41, 5.74) is 0. The lowest BCUT2D eigenvalue weighted by Gasteiger charge is -2.19. The number of alkyl halides is 1. The van der Waals surface area contributed by atoms with Gasteiger partial charge in [-0.15, -0.1) is 0 Å². The topological polar surface area (TPSA) is 24.1 Å². The number of halogens is 1. The molecule has 0 saturated heterocycles. The van der Waals surface area contributed by atoms with Crippen LogP contribution in [0, 0.1) is 0 Å². The predicted octanol–water partition coefficient (Wildman–Crippen LogP) is 0.807. The number of hydrogen-bond acceptors (Lipinski definition) is 2. The van der Waals surface area contributed by atoms with Gasteiger partial charge in [0, 0.05) is 6.04 Å². The standard InChI is InChI=1S/C6H14BIN2/c1-4(2)9-6(8)10-5(3)7/h4-6,9-10H,1-3H3. The van der Waals surface area contributed by atoms with E-state index in [0.29, 0.717) is 6.04 Å². The van der Waals surface area contributed by atoms with E-state index in [9.17, 15) is 0 Å². The van der Waals surface area contributed by atoms with Crippen molar-refractivity contribution in [1.29, 1.82) is 0 Å². The van der Waals surface area contributed by atoms with E-state index in [2.05, 4.69) is 47.1 Å². The van der Waals surface area contributed by atoms with Crippen molar-refractivity contribution in [3.8, 4) is 0 Å². The summed E-state index contributed by atoms with van der Waals surface area (Å²) in [4.78, 5) is 0. The van der Waals surface area contributed by atoms with E-state index in [1.165, 1.54) is 0 Å². The molecule has 0 aromatic carbocycles. The lowest BCUT2D eigenvalue weighted by Crippen LogP contribution is -2.44. The Morgan fingerprint density at radius 1 is 1.20 bits per heavy atom. The highest BCUT2D eigenvalue weighted by Gasteiger charge is 2.04. The zero-order valence-electron chi connectivity index (χ0n) is 6.69. The molecule has 2 radical (unpaired) electrons. The fourth-order valence-corrected chi connectivity index (χ4v) is 1.86. The monoisotopic (exact) mass is 252 g/mol. The van der Waals surface area contributed by atoms with Gasteiger partial charge in [-0.3, -0.25) is 10.6 Å². The first-order chi connectivity index (χ1) is 4.52. The summed E-state index contributed by atoms with van der Waals surface area (Å²) in [7, 11) is 5.51. The van der Waals surface area contributed by atoms with Crippen LogP contribution in [-0.2, 0) is 0 Å². The maximum absolute atomic E-state index is 5.51. The molecule has 2 nitrogen and oxygen atoms in total. The second-order valence-electron chi connectivity index (χ2n) is 2.64. The maximum Gasteiger partial charge on any atom is 0.111 e. The van der Waals surface area contributed by atoms with E-state index in [1.807, 2.05) is 6.92 Å². The van der Waals surface area contributed by atoms with Crippen molar-refractivity contribution < 1.29 is 0 Å². The Kier molecular flexibility index (Phi) is 5.76. The first-order valence-corrected chi connectivity index (χ1v) is 4.68. The molecule has 4 heteroatoms.